The molecule has 0 radical (unpaired) electrons. The molecule has 0 saturated carbocycles. The Bertz CT molecular complexity index is 178. The Morgan fingerprint density at radius 2 is 2.14 bits per heavy atom. The van der Waals surface area contributed by atoms with Gasteiger partial charge in [-0.15, -0.1) is 0 Å². The summed E-state index contributed by atoms with van der Waals surface area (Å²) >= 11 is 0. The van der Waals surface area contributed by atoms with Crippen LogP contribution < -0.4 is 0 Å². The van der Waals surface area contributed by atoms with Crippen molar-refractivity contribution in [3.8, 4) is 0 Å². The van der Waals surface area contributed by atoms with Crippen molar-refractivity contribution in [2.45, 2.75) is 25.8 Å². The molecule has 1 fully saturated rings. The number of rotatable bonds is 4. The minimum Gasteiger partial charge on any atom is -0.468 e. The number of esters is 1. The van der Waals surface area contributed by atoms with Gasteiger partial charge in [0.25, 0.3) is 0 Å². The van der Waals surface area contributed by atoms with Crippen LogP contribution in [0.25, 0.3) is 0 Å². The Balaban J connectivity index is 2.39. The minimum absolute atomic E-state index is 0.154. The second-order valence-corrected chi connectivity index (χ2v) is 3.48. The van der Waals surface area contributed by atoms with Gasteiger partial charge in [-0.05, 0) is 19.4 Å². The molecular formula is C10H19NO3. The Morgan fingerprint density at radius 3 is 2.64 bits per heavy atom. The SMILES string of the molecule is CCN(CC(=O)OC)C1CCOCC1. The summed E-state index contributed by atoms with van der Waals surface area (Å²) in [5, 5.41) is 0. The van der Waals surface area contributed by atoms with E-state index in [-0.39, 0.29) is 5.97 Å². The van der Waals surface area contributed by atoms with E-state index < -0.39 is 0 Å². The van der Waals surface area contributed by atoms with Gasteiger partial charge in [-0.25, -0.2) is 0 Å². The van der Waals surface area contributed by atoms with Gasteiger partial charge in [0.05, 0.1) is 13.7 Å². The van der Waals surface area contributed by atoms with Gasteiger partial charge in [0.1, 0.15) is 0 Å². The standard InChI is InChI=1S/C10H19NO3/c1-3-11(8-10(12)13-2)9-4-6-14-7-5-9/h9H,3-8H2,1-2H3. The molecule has 82 valence electrons. The molecule has 0 N–H and O–H groups in total. The van der Waals surface area contributed by atoms with E-state index in [0.29, 0.717) is 12.6 Å². The number of likely N-dealkylation sites (N-methyl/N-ethyl adjacent to an activating group) is 1. The van der Waals surface area contributed by atoms with E-state index in [4.69, 9.17) is 4.74 Å². The first-order valence-corrected chi connectivity index (χ1v) is 5.16. The van der Waals surface area contributed by atoms with E-state index in [1.54, 1.807) is 0 Å². The van der Waals surface area contributed by atoms with Crippen molar-refractivity contribution in [1.29, 1.82) is 0 Å². The largest absolute Gasteiger partial charge is 0.468 e. The minimum atomic E-state index is -0.154. The normalized spacial score (nSPS) is 18.5. The molecule has 14 heavy (non-hydrogen) atoms. The average Bonchev–Trinajstić information content (AvgIpc) is 2.26. The summed E-state index contributed by atoms with van der Waals surface area (Å²) in [6.45, 7) is 4.97. The molecule has 0 unspecified atom stereocenters. The number of hydrogen-bond acceptors (Lipinski definition) is 4. The summed E-state index contributed by atoms with van der Waals surface area (Å²) in [5.41, 5.74) is 0. The van der Waals surface area contributed by atoms with Crippen molar-refractivity contribution in [3.05, 3.63) is 0 Å². The number of hydrogen-bond donors (Lipinski definition) is 0. The fraction of sp³-hybridized carbons (Fsp3) is 0.900. The topological polar surface area (TPSA) is 38.8 Å². The first-order chi connectivity index (χ1) is 6.77. The summed E-state index contributed by atoms with van der Waals surface area (Å²) in [6, 6.07) is 0.479. The van der Waals surface area contributed by atoms with E-state index in [9.17, 15) is 4.79 Å². The van der Waals surface area contributed by atoms with Gasteiger partial charge in [-0.3, -0.25) is 9.69 Å². The van der Waals surface area contributed by atoms with Crippen molar-refractivity contribution < 1.29 is 14.3 Å². The van der Waals surface area contributed by atoms with E-state index in [1.807, 2.05) is 0 Å². The van der Waals surface area contributed by atoms with Gasteiger partial charge in [-0.1, -0.05) is 6.92 Å². The molecule has 0 bridgehead atoms. The van der Waals surface area contributed by atoms with E-state index in [1.165, 1.54) is 7.11 Å². The average molecular weight is 201 g/mol. The zero-order valence-electron chi connectivity index (χ0n) is 8.99. The fourth-order valence-electron chi connectivity index (χ4n) is 1.78. The van der Waals surface area contributed by atoms with Crippen LogP contribution in [0, 0.1) is 0 Å². The maximum Gasteiger partial charge on any atom is 0.319 e. The van der Waals surface area contributed by atoms with Gasteiger partial charge >= 0.3 is 5.97 Å². The van der Waals surface area contributed by atoms with Crippen LogP contribution in [0.1, 0.15) is 19.8 Å². The van der Waals surface area contributed by atoms with Crippen LogP contribution in [-0.2, 0) is 14.3 Å². The fourth-order valence-corrected chi connectivity index (χ4v) is 1.78. The summed E-state index contributed by atoms with van der Waals surface area (Å²) in [4.78, 5) is 13.3. The summed E-state index contributed by atoms with van der Waals surface area (Å²) in [7, 11) is 1.43. The predicted molar refractivity (Wildman–Crippen MR) is 53.1 cm³/mol. The summed E-state index contributed by atoms with van der Waals surface area (Å²) in [5.74, 6) is -0.154. The lowest BCUT2D eigenvalue weighted by atomic mass is 10.1. The van der Waals surface area contributed by atoms with Crippen molar-refractivity contribution in [1.82, 2.24) is 4.90 Å². The van der Waals surface area contributed by atoms with Crippen LogP contribution in [0.5, 0.6) is 0 Å². The van der Waals surface area contributed by atoms with Crippen LogP contribution in [0.4, 0.5) is 0 Å². The van der Waals surface area contributed by atoms with Crippen LogP contribution in [0.2, 0.25) is 0 Å². The van der Waals surface area contributed by atoms with Gasteiger partial charge in [0, 0.05) is 19.3 Å². The molecule has 0 spiro atoms. The van der Waals surface area contributed by atoms with Gasteiger partial charge in [0.2, 0.25) is 0 Å². The zero-order chi connectivity index (χ0) is 10.4. The molecule has 0 atom stereocenters. The number of ether oxygens (including phenoxy) is 2. The molecular weight excluding hydrogens is 182 g/mol. The molecule has 0 aromatic rings. The summed E-state index contributed by atoms with van der Waals surface area (Å²) in [6.07, 6.45) is 2.04. The third-order valence-electron chi connectivity index (χ3n) is 2.67. The molecule has 0 aromatic carbocycles. The number of carbonyl (C=O) groups is 1. The monoisotopic (exact) mass is 201 g/mol. The Hall–Kier alpha value is -0.610. The van der Waals surface area contributed by atoms with Crippen LogP contribution in [-0.4, -0.2) is 50.3 Å². The highest BCUT2D eigenvalue weighted by Gasteiger charge is 2.22. The summed E-state index contributed by atoms with van der Waals surface area (Å²) < 4.78 is 9.94. The third-order valence-corrected chi connectivity index (χ3v) is 2.67. The molecule has 4 nitrogen and oxygen atoms in total. The van der Waals surface area contributed by atoms with E-state index in [2.05, 4.69) is 16.6 Å². The first-order valence-electron chi connectivity index (χ1n) is 5.16. The number of nitrogens with zero attached hydrogens (tertiary/aromatic N) is 1. The second-order valence-electron chi connectivity index (χ2n) is 3.48. The van der Waals surface area contributed by atoms with E-state index >= 15 is 0 Å². The van der Waals surface area contributed by atoms with Crippen LogP contribution in [0.15, 0.2) is 0 Å². The first kappa shape index (κ1) is 11.5. The number of carbonyl (C=O) groups excluding carboxylic acids is 1. The highest BCUT2D eigenvalue weighted by Crippen LogP contribution is 2.13. The lowest BCUT2D eigenvalue weighted by molar-refractivity contribution is -0.143. The third kappa shape index (κ3) is 3.27. The Morgan fingerprint density at radius 1 is 1.50 bits per heavy atom. The smallest absolute Gasteiger partial charge is 0.319 e. The molecule has 4 heteroatoms. The van der Waals surface area contributed by atoms with Crippen molar-refractivity contribution >= 4 is 5.97 Å². The molecule has 1 rings (SSSR count). The lowest BCUT2D eigenvalue weighted by Gasteiger charge is -2.32. The van der Waals surface area contributed by atoms with Crippen LogP contribution >= 0.6 is 0 Å². The molecule has 1 aliphatic heterocycles. The lowest BCUT2D eigenvalue weighted by Crippen LogP contribution is -2.42. The zero-order valence-corrected chi connectivity index (χ0v) is 8.99. The van der Waals surface area contributed by atoms with Crippen molar-refractivity contribution in [2.24, 2.45) is 0 Å². The quantitative estimate of drug-likeness (QED) is 0.626. The highest BCUT2D eigenvalue weighted by molar-refractivity contribution is 5.71. The Labute approximate surface area is 85.2 Å². The number of methoxy groups -OCH3 is 1. The molecule has 1 aliphatic rings. The molecule has 0 aliphatic carbocycles. The maximum absolute atomic E-state index is 11.1. The van der Waals surface area contributed by atoms with E-state index in [0.717, 1.165) is 32.6 Å². The predicted octanol–water partition coefficient (Wildman–Crippen LogP) is 0.660. The molecule has 0 amide bonds. The van der Waals surface area contributed by atoms with Gasteiger partial charge < -0.3 is 9.47 Å². The van der Waals surface area contributed by atoms with Crippen molar-refractivity contribution in [2.75, 3.05) is 33.4 Å². The molecule has 0 aromatic heterocycles. The molecule has 1 heterocycles. The molecule has 1 saturated heterocycles. The van der Waals surface area contributed by atoms with Gasteiger partial charge in [-0.2, -0.15) is 0 Å². The van der Waals surface area contributed by atoms with Gasteiger partial charge in [0.15, 0.2) is 0 Å². The Kier molecular flexibility index (Phi) is 4.90. The van der Waals surface area contributed by atoms with Crippen LogP contribution in [0.3, 0.4) is 0 Å². The second kappa shape index (κ2) is 5.98. The van der Waals surface area contributed by atoms with Crippen molar-refractivity contribution in [3.63, 3.8) is 0 Å². The maximum atomic E-state index is 11.1. The highest BCUT2D eigenvalue weighted by atomic mass is 16.5.